The number of carbonyl (C=O) groups excluding carboxylic acids is 4. The first-order valence-corrected chi connectivity index (χ1v) is 10.8. The molecule has 1 saturated carbocycles. The summed E-state index contributed by atoms with van der Waals surface area (Å²) < 4.78 is 92.6. The van der Waals surface area contributed by atoms with Gasteiger partial charge in [0.05, 0.1) is 23.2 Å². The molecule has 0 heterocycles. The highest BCUT2D eigenvalue weighted by molar-refractivity contribution is 5.84. The van der Waals surface area contributed by atoms with Gasteiger partial charge in [-0.3, -0.25) is 19.2 Å². The minimum Gasteiger partial charge on any atom is -0.462 e. The molecule has 202 valence electrons. The van der Waals surface area contributed by atoms with Crippen molar-refractivity contribution in [3.63, 3.8) is 0 Å². The van der Waals surface area contributed by atoms with Gasteiger partial charge in [-0.2, -0.15) is 26.3 Å². The molecule has 3 atom stereocenters. The van der Waals surface area contributed by atoms with Gasteiger partial charge in [-0.05, 0) is 39.5 Å². The van der Waals surface area contributed by atoms with Crippen LogP contribution in [0.2, 0.25) is 0 Å². The quantitative estimate of drug-likeness (QED) is 0.185. The van der Waals surface area contributed by atoms with E-state index in [1.165, 1.54) is 0 Å². The highest BCUT2D eigenvalue weighted by atomic mass is 19.4. The van der Waals surface area contributed by atoms with Gasteiger partial charge in [0.15, 0.2) is 13.2 Å². The maximum Gasteiger partial charge on any atom is 0.422 e. The maximum absolute atomic E-state index is 12.5. The topological polar surface area (TPSA) is 105 Å². The molecular weight excluding hydrogens is 494 g/mol. The first-order valence-electron chi connectivity index (χ1n) is 10.8. The van der Waals surface area contributed by atoms with Crippen LogP contribution < -0.4 is 0 Å². The number of ether oxygens (including phenoxy) is 4. The summed E-state index contributed by atoms with van der Waals surface area (Å²) in [6.45, 7) is 0.543. The van der Waals surface area contributed by atoms with Crippen LogP contribution in [0.25, 0.3) is 0 Å². The third-order valence-electron chi connectivity index (χ3n) is 5.54. The average Bonchev–Trinajstić information content (AvgIpc) is 2.76. The van der Waals surface area contributed by atoms with Gasteiger partial charge in [-0.15, -0.1) is 0 Å². The summed E-state index contributed by atoms with van der Waals surface area (Å²) in [7, 11) is 0. The Bertz CT molecular complexity index is 762. The van der Waals surface area contributed by atoms with Crippen LogP contribution in [0.15, 0.2) is 0 Å². The molecule has 3 unspecified atom stereocenters. The zero-order valence-corrected chi connectivity index (χ0v) is 19.4. The molecule has 0 spiro atoms. The van der Waals surface area contributed by atoms with Crippen LogP contribution in [0.4, 0.5) is 26.3 Å². The van der Waals surface area contributed by atoms with Crippen molar-refractivity contribution < 1.29 is 64.5 Å². The predicted octanol–water partition coefficient (Wildman–Crippen LogP) is 3.75. The Morgan fingerprint density at radius 3 is 1.71 bits per heavy atom. The van der Waals surface area contributed by atoms with Crippen LogP contribution in [0.5, 0.6) is 0 Å². The molecule has 0 aromatic heterocycles. The van der Waals surface area contributed by atoms with Gasteiger partial charge in [0.2, 0.25) is 0 Å². The Balaban J connectivity index is 2.79. The molecule has 0 aliphatic heterocycles. The SMILES string of the molecule is CCC(C)(C)C(=O)OCCOC(=O)C1CCC(C(=O)OCC(F)(F)F)CC1C(=O)OCC(F)(F)F. The van der Waals surface area contributed by atoms with Crippen LogP contribution in [0, 0.1) is 23.2 Å². The van der Waals surface area contributed by atoms with E-state index >= 15 is 0 Å². The van der Waals surface area contributed by atoms with Crippen molar-refractivity contribution in [2.75, 3.05) is 26.4 Å². The zero-order chi connectivity index (χ0) is 27.0. The molecule has 0 bridgehead atoms. The number of hydrogen-bond acceptors (Lipinski definition) is 8. The number of hydrogen-bond donors (Lipinski definition) is 0. The van der Waals surface area contributed by atoms with Crippen LogP contribution in [0.3, 0.4) is 0 Å². The van der Waals surface area contributed by atoms with E-state index in [0.717, 1.165) is 0 Å². The molecule has 1 aliphatic rings. The molecule has 1 rings (SSSR count). The first-order chi connectivity index (χ1) is 16.0. The maximum atomic E-state index is 12.5. The molecule has 0 amide bonds. The molecule has 14 heteroatoms. The lowest BCUT2D eigenvalue weighted by Crippen LogP contribution is -2.41. The van der Waals surface area contributed by atoms with Crippen LogP contribution in [0.1, 0.15) is 46.5 Å². The van der Waals surface area contributed by atoms with Gasteiger partial charge < -0.3 is 18.9 Å². The normalized spacial score (nSPS) is 21.1. The fraction of sp³-hybridized carbons (Fsp3) is 0.810. The number of carbonyl (C=O) groups is 4. The minimum atomic E-state index is -4.86. The molecule has 1 aliphatic carbocycles. The molecule has 1 fully saturated rings. The van der Waals surface area contributed by atoms with Gasteiger partial charge in [-0.1, -0.05) is 6.92 Å². The van der Waals surface area contributed by atoms with Crippen molar-refractivity contribution in [3.05, 3.63) is 0 Å². The van der Waals surface area contributed by atoms with Crippen molar-refractivity contribution in [2.45, 2.75) is 58.8 Å². The van der Waals surface area contributed by atoms with Gasteiger partial charge in [0.1, 0.15) is 13.2 Å². The summed E-state index contributed by atoms with van der Waals surface area (Å²) in [4.78, 5) is 48.7. The molecule has 0 radical (unpaired) electrons. The highest BCUT2D eigenvalue weighted by Crippen LogP contribution is 2.37. The van der Waals surface area contributed by atoms with E-state index in [1.807, 2.05) is 0 Å². The first kappa shape index (κ1) is 30.5. The highest BCUT2D eigenvalue weighted by Gasteiger charge is 2.45. The van der Waals surface area contributed by atoms with Crippen molar-refractivity contribution in [2.24, 2.45) is 23.2 Å². The van der Waals surface area contributed by atoms with E-state index < -0.39 is 85.6 Å². The molecular formula is C21H28F6O8. The van der Waals surface area contributed by atoms with Crippen molar-refractivity contribution in [3.8, 4) is 0 Å². The largest absolute Gasteiger partial charge is 0.462 e. The predicted molar refractivity (Wildman–Crippen MR) is 104 cm³/mol. The van der Waals surface area contributed by atoms with Crippen LogP contribution >= 0.6 is 0 Å². The van der Waals surface area contributed by atoms with Crippen LogP contribution in [-0.2, 0) is 38.1 Å². The summed E-state index contributed by atoms with van der Waals surface area (Å²) >= 11 is 0. The second-order valence-electron chi connectivity index (χ2n) is 8.71. The Morgan fingerprint density at radius 1 is 0.714 bits per heavy atom. The van der Waals surface area contributed by atoms with E-state index in [-0.39, 0.29) is 19.4 Å². The Hall–Kier alpha value is -2.54. The average molecular weight is 522 g/mol. The molecule has 8 nitrogen and oxygen atoms in total. The van der Waals surface area contributed by atoms with E-state index in [4.69, 9.17) is 9.47 Å². The minimum absolute atomic E-state index is 0.167. The molecule has 0 N–H and O–H groups in total. The standard InChI is InChI=1S/C21H28F6O8/c1-4-19(2,3)18(31)33-8-7-32-16(29)13-6-5-12(15(28)34-10-20(22,23)24)9-14(13)17(30)35-11-21(25,26)27/h12-14H,4-11H2,1-3H3. The molecule has 35 heavy (non-hydrogen) atoms. The smallest absolute Gasteiger partial charge is 0.422 e. The summed E-state index contributed by atoms with van der Waals surface area (Å²) in [6, 6.07) is 0. The van der Waals surface area contributed by atoms with Gasteiger partial charge >= 0.3 is 36.2 Å². The van der Waals surface area contributed by atoms with E-state index in [1.54, 1.807) is 20.8 Å². The van der Waals surface area contributed by atoms with E-state index in [2.05, 4.69) is 9.47 Å². The monoisotopic (exact) mass is 522 g/mol. The Labute approximate surface area is 197 Å². The fourth-order valence-electron chi connectivity index (χ4n) is 3.18. The number of alkyl halides is 6. The molecule has 0 aromatic rings. The molecule has 0 aromatic carbocycles. The number of rotatable bonds is 10. The third-order valence-corrected chi connectivity index (χ3v) is 5.54. The van der Waals surface area contributed by atoms with Gasteiger partial charge in [0, 0.05) is 0 Å². The lowest BCUT2D eigenvalue weighted by Gasteiger charge is -2.32. The van der Waals surface area contributed by atoms with Crippen molar-refractivity contribution >= 4 is 23.9 Å². The third kappa shape index (κ3) is 10.7. The van der Waals surface area contributed by atoms with Crippen LogP contribution in [-0.4, -0.2) is 62.7 Å². The lowest BCUT2D eigenvalue weighted by atomic mass is 9.74. The van der Waals surface area contributed by atoms with E-state index in [9.17, 15) is 45.5 Å². The van der Waals surface area contributed by atoms with Crippen molar-refractivity contribution in [1.29, 1.82) is 0 Å². The van der Waals surface area contributed by atoms with Gasteiger partial charge in [-0.25, -0.2) is 0 Å². The summed E-state index contributed by atoms with van der Waals surface area (Å²) in [5, 5.41) is 0. The lowest BCUT2D eigenvalue weighted by molar-refractivity contribution is -0.196. The van der Waals surface area contributed by atoms with E-state index in [0.29, 0.717) is 6.42 Å². The van der Waals surface area contributed by atoms with Gasteiger partial charge in [0.25, 0.3) is 0 Å². The number of esters is 4. The fourth-order valence-corrected chi connectivity index (χ4v) is 3.18. The summed E-state index contributed by atoms with van der Waals surface area (Å²) in [5.41, 5.74) is -0.767. The Kier molecular flexibility index (Phi) is 10.8. The summed E-state index contributed by atoms with van der Waals surface area (Å²) in [5.74, 6) is -8.45. The Morgan fingerprint density at radius 2 is 1.20 bits per heavy atom. The second kappa shape index (κ2) is 12.4. The molecule has 0 saturated heterocycles. The number of halogens is 6. The zero-order valence-electron chi connectivity index (χ0n) is 19.4. The second-order valence-corrected chi connectivity index (χ2v) is 8.71. The summed E-state index contributed by atoms with van der Waals surface area (Å²) in [6.07, 6.45) is -10.1. The van der Waals surface area contributed by atoms with Crippen molar-refractivity contribution in [1.82, 2.24) is 0 Å².